The Morgan fingerprint density at radius 3 is 2.89 bits per heavy atom. The van der Waals surface area contributed by atoms with E-state index in [0.29, 0.717) is 18.9 Å². The molecule has 106 valence electrons. The fourth-order valence-electron chi connectivity index (χ4n) is 2.65. The van der Waals surface area contributed by atoms with E-state index in [4.69, 9.17) is 5.73 Å². The lowest BCUT2D eigenvalue weighted by Gasteiger charge is -2.29. The minimum atomic E-state index is 0.204. The zero-order chi connectivity index (χ0) is 13.8. The van der Waals surface area contributed by atoms with Gasteiger partial charge in [0, 0.05) is 24.4 Å². The lowest BCUT2D eigenvalue weighted by molar-refractivity contribution is -0.131. The van der Waals surface area contributed by atoms with Crippen LogP contribution in [0.1, 0.15) is 42.7 Å². The van der Waals surface area contributed by atoms with Gasteiger partial charge >= 0.3 is 0 Å². The fourth-order valence-corrected chi connectivity index (χ4v) is 3.48. The second-order valence-electron chi connectivity index (χ2n) is 5.52. The molecule has 2 atom stereocenters. The summed E-state index contributed by atoms with van der Waals surface area (Å²) in [5, 5.41) is 0. The summed E-state index contributed by atoms with van der Waals surface area (Å²) in [5.41, 5.74) is 8.97. The molecule has 0 spiro atoms. The van der Waals surface area contributed by atoms with Crippen molar-refractivity contribution in [2.45, 2.75) is 51.6 Å². The van der Waals surface area contributed by atoms with Gasteiger partial charge in [0.1, 0.15) is 0 Å². The normalized spacial score (nSPS) is 23.3. The largest absolute Gasteiger partial charge is 0.341 e. The molecule has 1 fully saturated rings. The summed E-state index contributed by atoms with van der Waals surface area (Å²) < 4.78 is 0. The summed E-state index contributed by atoms with van der Waals surface area (Å²) in [5.74, 6) is 0.571. The Balaban J connectivity index is 1.87. The molecule has 5 heteroatoms. The molecule has 2 N–H and O–H groups in total. The van der Waals surface area contributed by atoms with Gasteiger partial charge in [-0.05, 0) is 25.7 Å². The average Bonchev–Trinajstić information content (AvgIpc) is 2.78. The molecule has 0 radical (unpaired) electrons. The smallest absolute Gasteiger partial charge is 0.222 e. The van der Waals surface area contributed by atoms with E-state index in [-0.39, 0.29) is 11.9 Å². The van der Waals surface area contributed by atoms with Crippen molar-refractivity contribution in [1.29, 1.82) is 0 Å². The Kier molecular flexibility index (Phi) is 4.93. The predicted octanol–water partition coefficient (Wildman–Crippen LogP) is 2.32. The molecule has 1 aromatic heterocycles. The maximum atomic E-state index is 12.2. The van der Waals surface area contributed by atoms with E-state index in [1.165, 1.54) is 17.7 Å². The molecule has 2 rings (SSSR count). The lowest BCUT2D eigenvalue weighted by Crippen LogP contribution is -2.37. The predicted molar refractivity (Wildman–Crippen MR) is 77.9 cm³/mol. The molecule has 1 aliphatic carbocycles. The van der Waals surface area contributed by atoms with Crippen molar-refractivity contribution < 1.29 is 4.79 Å². The van der Waals surface area contributed by atoms with Gasteiger partial charge in [-0.1, -0.05) is 12.8 Å². The van der Waals surface area contributed by atoms with Gasteiger partial charge in [-0.2, -0.15) is 0 Å². The van der Waals surface area contributed by atoms with E-state index < -0.39 is 0 Å². The lowest BCUT2D eigenvalue weighted by atomic mass is 9.83. The summed E-state index contributed by atoms with van der Waals surface area (Å²) in [7, 11) is 1.87. The van der Waals surface area contributed by atoms with Crippen LogP contribution in [-0.4, -0.2) is 28.9 Å². The number of aryl methyl sites for hydroxylation is 1. The van der Waals surface area contributed by atoms with Crippen molar-refractivity contribution in [3.05, 3.63) is 16.1 Å². The highest BCUT2D eigenvalue weighted by Crippen LogP contribution is 2.26. The van der Waals surface area contributed by atoms with Crippen molar-refractivity contribution in [1.82, 2.24) is 9.88 Å². The number of carbonyl (C=O) groups excluding carboxylic acids is 1. The van der Waals surface area contributed by atoms with Crippen LogP contribution in [0.5, 0.6) is 0 Å². The van der Waals surface area contributed by atoms with Crippen molar-refractivity contribution in [3.63, 3.8) is 0 Å². The average molecular weight is 281 g/mol. The van der Waals surface area contributed by atoms with Crippen molar-refractivity contribution in [2.24, 2.45) is 11.7 Å². The Labute approximate surface area is 119 Å². The zero-order valence-electron chi connectivity index (χ0n) is 11.8. The number of aromatic nitrogens is 1. The third kappa shape index (κ3) is 3.76. The first kappa shape index (κ1) is 14.5. The molecule has 0 saturated heterocycles. The van der Waals surface area contributed by atoms with Crippen molar-refractivity contribution >= 4 is 17.2 Å². The van der Waals surface area contributed by atoms with Crippen LogP contribution in [0.25, 0.3) is 0 Å². The molecule has 1 amide bonds. The van der Waals surface area contributed by atoms with E-state index in [1.54, 1.807) is 11.3 Å². The van der Waals surface area contributed by atoms with E-state index in [0.717, 1.165) is 18.5 Å². The number of thiazole rings is 1. The minimum absolute atomic E-state index is 0.204. The van der Waals surface area contributed by atoms with Gasteiger partial charge < -0.3 is 10.6 Å². The van der Waals surface area contributed by atoms with Gasteiger partial charge in [0.2, 0.25) is 5.91 Å². The second-order valence-corrected chi connectivity index (χ2v) is 6.46. The van der Waals surface area contributed by atoms with E-state index in [1.807, 2.05) is 24.4 Å². The monoisotopic (exact) mass is 281 g/mol. The zero-order valence-corrected chi connectivity index (χ0v) is 12.6. The van der Waals surface area contributed by atoms with Crippen molar-refractivity contribution in [3.8, 4) is 0 Å². The number of nitrogens with zero attached hydrogens (tertiary/aromatic N) is 2. The number of amides is 1. The van der Waals surface area contributed by atoms with Gasteiger partial charge in [0.05, 0.1) is 17.7 Å². The molecule has 19 heavy (non-hydrogen) atoms. The van der Waals surface area contributed by atoms with Gasteiger partial charge in [0.15, 0.2) is 0 Å². The SMILES string of the molecule is Cc1ncsc1CN(C)C(=O)CC1CCCCC1N. The van der Waals surface area contributed by atoms with Gasteiger partial charge in [-0.25, -0.2) is 4.98 Å². The summed E-state index contributed by atoms with van der Waals surface area (Å²) in [6.07, 6.45) is 5.18. The molecule has 0 aliphatic heterocycles. The highest BCUT2D eigenvalue weighted by molar-refractivity contribution is 7.09. The first-order valence-corrected chi connectivity index (χ1v) is 7.84. The molecule has 0 aromatic carbocycles. The standard InChI is InChI=1S/C14H23N3OS/c1-10-13(19-9-16-10)8-17(2)14(18)7-11-5-3-4-6-12(11)15/h9,11-12H,3-8,15H2,1-2H3. The summed E-state index contributed by atoms with van der Waals surface area (Å²) >= 11 is 1.61. The second kappa shape index (κ2) is 6.48. The molecule has 1 aliphatic rings. The Morgan fingerprint density at radius 1 is 1.53 bits per heavy atom. The van der Waals surface area contributed by atoms with Gasteiger partial charge in [0.25, 0.3) is 0 Å². The maximum Gasteiger partial charge on any atom is 0.222 e. The van der Waals surface area contributed by atoms with Gasteiger partial charge in [-0.3, -0.25) is 4.79 Å². The van der Waals surface area contributed by atoms with Crippen molar-refractivity contribution in [2.75, 3.05) is 7.05 Å². The summed E-state index contributed by atoms with van der Waals surface area (Å²) in [6, 6.07) is 0.205. The number of rotatable bonds is 4. The van der Waals surface area contributed by atoms with Crippen LogP contribution in [-0.2, 0) is 11.3 Å². The molecule has 1 aromatic rings. The Hall–Kier alpha value is -0.940. The number of hydrogen-bond acceptors (Lipinski definition) is 4. The molecule has 2 unspecified atom stereocenters. The van der Waals surface area contributed by atoms with Crippen LogP contribution in [0.15, 0.2) is 5.51 Å². The number of carbonyl (C=O) groups is 1. The first-order chi connectivity index (χ1) is 9.08. The highest BCUT2D eigenvalue weighted by atomic mass is 32.1. The van der Waals surface area contributed by atoms with E-state index in [9.17, 15) is 4.79 Å². The highest BCUT2D eigenvalue weighted by Gasteiger charge is 2.25. The van der Waals surface area contributed by atoms with Crippen LogP contribution >= 0.6 is 11.3 Å². The number of hydrogen-bond donors (Lipinski definition) is 1. The molecule has 4 nitrogen and oxygen atoms in total. The van der Waals surface area contributed by atoms with E-state index >= 15 is 0 Å². The molecular weight excluding hydrogens is 258 g/mol. The number of nitrogens with two attached hydrogens (primary N) is 1. The third-order valence-corrected chi connectivity index (χ3v) is 4.98. The van der Waals surface area contributed by atoms with Crippen LogP contribution in [0, 0.1) is 12.8 Å². The third-order valence-electron chi connectivity index (χ3n) is 4.06. The molecule has 0 bridgehead atoms. The minimum Gasteiger partial charge on any atom is -0.341 e. The molecular formula is C14H23N3OS. The summed E-state index contributed by atoms with van der Waals surface area (Å²) in [4.78, 5) is 19.4. The van der Waals surface area contributed by atoms with Crippen LogP contribution in [0.2, 0.25) is 0 Å². The fraction of sp³-hybridized carbons (Fsp3) is 0.714. The van der Waals surface area contributed by atoms with Crippen LogP contribution < -0.4 is 5.73 Å². The maximum absolute atomic E-state index is 12.2. The molecule has 1 saturated carbocycles. The van der Waals surface area contributed by atoms with Crippen LogP contribution in [0.4, 0.5) is 0 Å². The Morgan fingerprint density at radius 2 is 2.26 bits per heavy atom. The Bertz CT molecular complexity index is 432. The summed E-state index contributed by atoms with van der Waals surface area (Å²) in [6.45, 7) is 2.65. The van der Waals surface area contributed by atoms with Crippen LogP contribution in [0.3, 0.4) is 0 Å². The molecule has 1 heterocycles. The first-order valence-electron chi connectivity index (χ1n) is 6.96. The quantitative estimate of drug-likeness (QED) is 0.921. The topological polar surface area (TPSA) is 59.2 Å². The van der Waals surface area contributed by atoms with Gasteiger partial charge in [-0.15, -0.1) is 11.3 Å². The van der Waals surface area contributed by atoms with E-state index in [2.05, 4.69) is 4.98 Å².